The second-order valence-corrected chi connectivity index (χ2v) is 7.56. The Bertz CT molecular complexity index is 581. The Balaban J connectivity index is 2.27. The third-order valence-electron chi connectivity index (χ3n) is 3.88. The molecule has 2 rings (SSSR count). The number of aliphatic hydroxyl groups is 1. The first-order valence-electron chi connectivity index (χ1n) is 7.37. The van der Waals surface area contributed by atoms with Crippen molar-refractivity contribution in [2.45, 2.75) is 37.6 Å². The van der Waals surface area contributed by atoms with Crippen LogP contribution in [0.3, 0.4) is 0 Å². The molecule has 5 nitrogen and oxygen atoms in total. The quantitative estimate of drug-likeness (QED) is 0.823. The molecule has 1 aliphatic rings. The molecule has 0 aromatic heterocycles. The Labute approximate surface area is 127 Å². The SMILES string of the molecule is Cc1ccc(S(=O)(=O)N(CCO)CC2CCCN2)c(C)c1. The lowest BCUT2D eigenvalue weighted by molar-refractivity contribution is 0.246. The highest BCUT2D eigenvalue weighted by atomic mass is 32.2. The first-order chi connectivity index (χ1) is 9.95. The van der Waals surface area contributed by atoms with Crippen molar-refractivity contribution in [3.63, 3.8) is 0 Å². The number of hydrogen-bond donors (Lipinski definition) is 2. The predicted molar refractivity (Wildman–Crippen MR) is 82.8 cm³/mol. The zero-order valence-electron chi connectivity index (χ0n) is 12.7. The van der Waals surface area contributed by atoms with Gasteiger partial charge in [0, 0.05) is 19.1 Å². The zero-order valence-corrected chi connectivity index (χ0v) is 13.5. The number of sulfonamides is 1. The topological polar surface area (TPSA) is 69.6 Å². The average molecular weight is 312 g/mol. The van der Waals surface area contributed by atoms with E-state index in [1.54, 1.807) is 6.07 Å². The molecule has 0 spiro atoms. The smallest absolute Gasteiger partial charge is 0.243 e. The van der Waals surface area contributed by atoms with E-state index in [2.05, 4.69) is 5.32 Å². The first kappa shape index (κ1) is 16.4. The van der Waals surface area contributed by atoms with Crippen LogP contribution < -0.4 is 5.32 Å². The molecule has 0 bridgehead atoms. The highest BCUT2D eigenvalue weighted by Gasteiger charge is 2.29. The van der Waals surface area contributed by atoms with Crippen LogP contribution in [0, 0.1) is 13.8 Å². The second-order valence-electron chi connectivity index (χ2n) is 5.65. The summed E-state index contributed by atoms with van der Waals surface area (Å²) in [6, 6.07) is 5.52. The van der Waals surface area contributed by atoms with Gasteiger partial charge in [-0.2, -0.15) is 4.31 Å². The van der Waals surface area contributed by atoms with Gasteiger partial charge in [0.25, 0.3) is 0 Å². The van der Waals surface area contributed by atoms with Gasteiger partial charge >= 0.3 is 0 Å². The average Bonchev–Trinajstić information content (AvgIpc) is 2.90. The lowest BCUT2D eigenvalue weighted by Gasteiger charge is -2.25. The molecular formula is C15H24N2O3S. The van der Waals surface area contributed by atoms with E-state index in [0.29, 0.717) is 11.4 Å². The molecule has 1 unspecified atom stereocenters. The second kappa shape index (κ2) is 6.87. The minimum atomic E-state index is -3.56. The Kier molecular flexibility index (Phi) is 5.37. The van der Waals surface area contributed by atoms with Crippen LogP contribution in [-0.2, 0) is 10.0 Å². The van der Waals surface area contributed by atoms with Crippen molar-refractivity contribution in [3.05, 3.63) is 29.3 Å². The Morgan fingerprint density at radius 2 is 2.14 bits per heavy atom. The summed E-state index contributed by atoms with van der Waals surface area (Å²) in [6.07, 6.45) is 2.05. The summed E-state index contributed by atoms with van der Waals surface area (Å²) >= 11 is 0. The minimum absolute atomic E-state index is 0.133. The van der Waals surface area contributed by atoms with Gasteiger partial charge in [0.15, 0.2) is 0 Å². The van der Waals surface area contributed by atoms with Crippen molar-refractivity contribution >= 4 is 10.0 Å². The van der Waals surface area contributed by atoms with Gasteiger partial charge in [-0.15, -0.1) is 0 Å². The van der Waals surface area contributed by atoms with Crippen molar-refractivity contribution in [2.75, 3.05) is 26.2 Å². The Morgan fingerprint density at radius 3 is 2.71 bits per heavy atom. The standard InChI is InChI=1S/C15H24N2O3S/c1-12-5-6-15(13(2)10-12)21(19,20)17(8-9-18)11-14-4-3-7-16-14/h5-6,10,14,16,18H,3-4,7-9,11H2,1-2H3. The van der Waals surface area contributed by atoms with Crippen LogP contribution in [0.1, 0.15) is 24.0 Å². The summed E-state index contributed by atoms with van der Waals surface area (Å²) in [5.74, 6) is 0. The van der Waals surface area contributed by atoms with Crippen LogP contribution in [0.15, 0.2) is 23.1 Å². The van der Waals surface area contributed by atoms with Gasteiger partial charge < -0.3 is 10.4 Å². The molecule has 6 heteroatoms. The molecule has 1 atom stereocenters. The maximum absolute atomic E-state index is 12.8. The van der Waals surface area contributed by atoms with Crippen molar-refractivity contribution in [3.8, 4) is 0 Å². The van der Waals surface area contributed by atoms with E-state index in [1.165, 1.54) is 4.31 Å². The van der Waals surface area contributed by atoms with E-state index < -0.39 is 10.0 Å². The van der Waals surface area contributed by atoms with E-state index in [-0.39, 0.29) is 19.2 Å². The third-order valence-corrected chi connectivity index (χ3v) is 5.91. The summed E-state index contributed by atoms with van der Waals surface area (Å²) in [5.41, 5.74) is 1.79. The Hall–Kier alpha value is -0.950. The zero-order chi connectivity index (χ0) is 15.5. The molecule has 1 aliphatic heterocycles. The molecule has 21 heavy (non-hydrogen) atoms. The normalized spacial score (nSPS) is 19.3. The van der Waals surface area contributed by atoms with Gasteiger partial charge in [0.05, 0.1) is 11.5 Å². The summed E-state index contributed by atoms with van der Waals surface area (Å²) in [7, 11) is -3.56. The molecule has 0 radical (unpaired) electrons. The number of aryl methyl sites for hydroxylation is 2. The van der Waals surface area contributed by atoms with Gasteiger partial charge in [-0.1, -0.05) is 17.7 Å². The Morgan fingerprint density at radius 1 is 1.38 bits per heavy atom. The van der Waals surface area contributed by atoms with Crippen LogP contribution >= 0.6 is 0 Å². The number of nitrogens with zero attached hydrogens (tertiary/aromatic N) is 1. The molecular weight excluding hydrogens is 288 g/mol. The lowest BCUT2D eigenvalue weighted by Crippen LogP contribution is -2.42. The molecule has 0 aliphatic carbocycles. The highest BCUT2D eigenvalue weighted by molar-refractivity contribution is 7.89. The molecule has 0 saturated carbocycles. The molecule has 2 N–H and O–H groups in total. The van der Waals surface area contributed by atoms with Crippen LogP contribution in [-0.4, -0.2) is 50.1 Å². The fourth-order valence-electron chi connectivity index (χ4n) is 2.81. The fraction of sp³-hybridized carbons (Fsp3) is 0.600. The number of nitrogens with one attached hydrogen (secondary N) is 1. The van der Waals surface area contributed by atoms with Gasteiger partial charge in [0.2, 0.25) is 10.0 Å². The van der Waals surface area contributed by atoms with E-state index >= 15 is 0 Å². The summed E-state index contributed by atoms with van der Waals surface area (Å²) in [4.78, 5) is 0.333. The van der Waals surface area contributed by atoms with Gasteiger partial charge in [-0.05, 0) is 44.9 Å². The number of benzene rings is 1. The summed E-state index contributed by atoms with van der Waals surface area (Å²) in [5, 5.41) is 12.5. The molecule has 118 valence electrons. The minimum Gasteiger partial charge on any atom is -0.395 e. The summed E-state index contributed by atoms with van der Waals surface area (Å²) in [6.45, 7) is 5.06. The van der Waals surface area contributed by atoms with Crippen LogP contribution in [0.25, 0.3) is 0 Å². The maximum Gasteiger partial charge on any atom is 0.243 e. The van der Waals surface area contributed by atoms with Crippen molar-refractivity contribution in [1.82, 2.24) is 9.62 Å². The number of rotatable bonds is 6. The molecule has 1 saturated heterocycles. The van der Waals surface area contributed by atoms with E-state index in [0.717, 1.165) is 30.5 Å². The van der Waals surface area contributed by atoms with Gasteiger partial charge in [-0.25, -0.2) is 8.42 Å². The van der Waals surface area contributed by atoms with Crippen molar-refractivity contribution in [2.24, 2.45) is 0 Å². The molecule has 0 amide bonds. The van der Waals surface area contributed by atoms with Crippen LogP contribution in [0.4, 0.5) is 0 Å². The molecule has 1 fully saturated rings. The van der Waals surface area contributed by atoms with Gasteiger partial charge in [-0.3, -0.25) is 0 Å². The number of hydrogen-bond acceptors (Lipinski definition) is 4. The van der Waals surface area contributed by atoms with E-state index in [1.807, 2.05) is 26.0 Å². The number of aliphatic hydroxyl groups excluding tert-OH is 1. The largest absolute Gasteiger partial charge is 0.395 e. The van der Waals surface area contributed by atoms with Crippen molar-refractivity contribution < 1.29 is 13.5 Å². The fourth-order valence-corrected chi connectivity index (χ4v) is 4.49. The molecule has 1 heterocycles. The van der Waals surface area contributed by atoms with Gasteiger partial charge in [0.1, 0.15) is 0 Å². The monoisotopic (exact) mass is 312 g/mol. The highest BCUT2D eigenvalue weighted by Crippen LogP contribution is 2.22. The lowest BCUT2D eigenvalue weighted by atomic mass is 10.2. The van der Waals surface area contributed by atoms with Crippen LogP contribution in [0.2, 0.25) is 0 Å². The molecule has 1 aromatic rings. The predicted octanol–water partition coefficient (Wildman–Crippen LogP) is 1.04. The van der Waals surface area contributed by atoms with Crippen molar-refractivity contribution in [1.29, 1.82) is 0 Å². The maximum atomic E-state index is 12.8. The van der Waals surface area contributed by atoms with E-state index in [4.69, 9.17) is 0 Å². The molecule has 1 aromatic carbocycles. The summed E-state index contributed by atoms with van der Waals surface area (Å²) < 4.78 is 27.1. The van der Waals surface area contributed by atoms with E-state index in [9.17, 15) is 13.5 Å². The first-order valence-corrected chi connectivity index (χ1v) is 8.81. The van der Waals surface area contributed by atoms with Crippen LogP contribution in [0.5, 0.6) is 0 Å². The third kappa shape index (κ3) is 3.83.